The fourth-order valence-corrected chi connectivity index (χ4v) is 2.68. The average molecular weight is 296 g/mol. The van der Waals surface area contributed by atoms with Crippen LogP contribution >= 0.6 is 0 Å². The lowest BCUT2D eigenvalue weighted by Crippen LogP contribution is -2.14. The molecule has 112 valence electrons. The Balaban J connectivity index is 2.12. The van der Waals surface area contributed by atoms with Crippen LogP contribution in [0.15, 0.2) is 36.4 Å². The zero-order valence-electron chi connectivity index (χ0n) is 12.7. The van der Waals surface area contributed by atoms with Gasteiger partial charge in [0, 0.05) is 18.1 Å². The van der Waals surface area contributed by atoms with Gasteiger partial charge in [0.1, 0.15) is 17.4 Å². The maximum atomic E-state index is 12.3. The summed E-state index contributed by atoms with van der Waals surface area (Å²) in [6, 6.07) is 11.1. The standard InChI is InChI=1S/C18H16O4/c1-10-4-6-13(15(8-10)21-12(3)19)17-14-7-5-11(2)9-16(14)22-18(17)20/h4-9,17H,1-3H3. The number of esters is 2. The minimum Gasteiger partial charge on any atom is -0.426 e. The van der Waals surface area contributed by atoms with Gasteiger partial charge >= 0.3 is 11.9 Å². The zero-order valence-corrected chi connectivity index (χ0v) is 12.7. The Bertz CT molecular complexity index is 777. The van der Waals surface area contributed by atoms with Gasteiger partial charge in [-0.15, -0.1) is 0 Å². The molecule has 2 aromatic carbocycles. The molecule has 1 atom stereocenters. The van der Waals surface area contributed by atoms with Gasteiger partial charge in [0.2, 0.25) is 0 Å². The van der Waals surface area contributed by atoms with Crippen molar-refractivity contribution in [3.63, 3.8) is 0 Å². The number of benzene rings is 2. The number of hydrogen-bond donors (Lipinski definition) is 0. The second kappa shape index (κ2) is 5.30. The van der Waals surface area contributed by atoms with Gasteiger partial charge in [-0.3, -0.25) is 9.59 Å². The first kappa shape index (κ1) is 14.3. The van der Waals surface area contributed by atoms with E-state index in [1.54, 1.807) is 6.07 Å². The lowest BCUT2D eigenvalue weighted by Gasteiger charge is -2.14. The van der Waals surface area contributed by atoms with Crippen molar-refractivity contribution in [2.24, 2.45) is 0 Å². The number of fused-ring (bicyclic) bond motifs is 1. The lowest BCUT2D eigenvalue weighted by molar-refractivity contribution is -0.134. The average Bonchev–Trinajstić information content (AvgIpc) is 2.73. The van der Waals surface area contributed by atoms with Gasteiger partial charge in [-0.25, -0.2) is 0 Å². The summed E-state index contributed by atoms with van der Waals surface area (Å²) in [5.41, 5.74) is 3.42. The van der Waals surface area contributed by atoms with E-state index in [4.69, 9.17) is 9.47 Å². The summed E-state index contributed by atoms with van der Waals surface area (Å²) >= 11 is 0. The van der Waals surface area contributed by atoms with E-state index in [0.29, 0.717) is 17.1 Å². The van der Waals surface area contributed by atoms with Gasteiger partial charge in [-0.1, -0.05) is 24.3 Å². The molecule has 1 unspecified atom stereocenters. The van der Waals surface area contributed by atoms with Gasteiger partial charge in [-0.05, 0) is 37.1 Å². The molecule has 0 saturated carbocycles. The number of carbonyl (C=O) groups excluding carboxylic acids is 2. The first-order valence-corrected chi connectivity index (χ1v) is 7.07. The third-order valence-electron chi connectivity index (χ3n) is 3.66. The first-order chi connectivity index (χ1) is 10.5. The third kappa shape index (κ3) is 2.48. The molecule has 0 aliphatic carbocycles. The molecular formula is C18H16O4. The quantitative estimate of drug-likeness (QED) is 0.630. The van der Waals surface area contributed by atoms with Crippen LogP contribution in [-0.2, 0) is 9.59 Å². The maximum Gasteiger partial charge on any atom is 0.323 e. The van der Waals surface area contributed by atoms with Crippen molar-refractivity contribution in [2.45, 2.75) is 26.7 Å². The highest BCUT2D eigenvalue weighted by Gasteiger charge is 2.36. The second-order valence-corrected chi connectivity index (χ2v) is 5.53. The molecule has 3 rings (SSSR count). The maximum absolute atomic E-state index is 12.3. The van der Waals surface area contributed by atoms with E-state index in [1.807, 2.05) is 44.2 Å². The van der Waals surface area contributed by atoms with Gasteiger partial charge in [0.15, 0.2) is 0 Å². The van der Waals surface area contributed by atoms with Crippen molar-refractivity contribution in [2.75, 3.05) is 0 Å². The van der Waals surface area contributed by atoms with Crippen LogP contribution in [0.3, 0.4) is 0 Å². The van der Waals surface area contributed by atoms with Crippen molar-refractivity contribution in [1.29, 1.82) is 0 Å². The molecule has 1 aliphatic rings. The van der Waals surface area contributed by atoms with Crippen LogP contribution in [0.25, 0.3) is 0 Å². The first-order valence-electron chi connectivity index (χ1n) is 7.07. The number of ether oxygens (including phenoxy) is 2. The molecular weight excluding hydrogens is 280 g/mol. The van der Waals surface area contributed by atoms with Gasteiger partial charge in [0.25, 0.3) is 0 Å². The van der Waals surface area contributed by atoms with Crippen LogP contribution in [0.5, 0.6) is 11.5 Å². The van der Waals surface area contributed by atoms with Gasteiger partial charge in [0.05, 0.1) is 0 Å². The summed E-state index contributed by atoms with van der Waals surface area (Å²) in [5.74, 6) is -0.349. The number of carbonyl (C=O) groups is 2. The molecule has 0 fully saturated rings. The Morgan fingerprint density at radius 3 is 2.36 bits per heavy atom. The van der Waals surface area contributed by atoms with Crippen LogP contribution in [0, 0.1) is 13.8 Å². The normalized spacial score (nSPS) is 16.1. The SMILES string of the molecule is CC(=O)Oc1cc(C)ccc1C1C(=O)Oc2cc(C)ccc21. The smallest absolute Gasteiger partial charge is 0.323 e. The fraction of sp³-hybridized carbons (Fsp3) is 0.222. The van der Waals surface area contributed by atoms with E-state index in [-0.39, 0.29) is 5.97 Å². The van der Waals surface area contributed by atoms with E-state index in [0.717, 1.165) is 16.7 Å². The molecule has 0 saturated heterocycles. The summed E-state index contributed by atoms with van der Waals surface area (Å²) in [6.45, 7) is 5.19. The monoisotopic (exact) mass is 296 g/mol. The van der Waals surface area contributed by atoms with Crippen LogP contribution in [0.1, 0.15) is 35.1 Å². The Hall–Kier alpha value is -2.62. The van der Waals surface area contributed by atoms with Crippen molar-refractivity contribution in [3.05, 3.63) is 58.7 Å². The minimum atomic E-state index is -0.564. The highest BCUT2D eigenvalue weighted by molar-refractivity contribution is 5.90. The highest BCUT2D eigenvalue weighted by Crippen LogP contribution is 2.42. The van der Waals surface area contributed by atoms with Crippen molar-refractivity contribution in [3.8, 4) is 11.5 Å². The van der Waals surface area contributed by atoms with Crippen LogP contribution in [0.4, 0.5) is 0 Å². The molecule has 1 aliphatic heterocycles. The number of hydrogen-bond acceptors (Lipinski definition) is 4. The predicted molar refractivity (Wildman–Crippen MR) is 81.1 cm³/mol. The summed E-state index contributed by atoms with van der Waals surface area (Å²) in [7, 11) is 0. The molecule has 22 heavy (non-hydrogen) atoms. The molecule has 0 aromatic heterocycles. The summed E-state index contributed by atoms with van der Waals surface area (Å²) < 4.78 is 10.6. The minimum absolute atomic E-state index is 0.349. The Morgan fingerprint density at radius 2 is 1.68 bits per heavy atom. The van der Waals surface area contributed by atoms with E-state index >= 15 is 0 Å². The molecule has 0 spiro atoms. The molecule has 4 heteroatoms. The summed E-state index contributed by atoms with van der Waals surface area (Å²) in [5, 5.41) is 0. The predicted octanol–water partition coefficient (Wildman–Crippen LogP) is 3.28. The summed E-state index contributed by atoms with van der Waals surface area (Å²) in [6.07, 6.45) is 0. The Labute approximate surface area is 128 Å². The molecule has 1 heterocycles. The van der Waals surface area contributed by atoms with Crippen molar-refractivity contribution < 1.29 is 19.1 Å². The molecule has 0 N–H and O–H groups in total. The van der Waals surface area contributed by atoms with E-state index in [1.165, 1.54) is 6.92 Å². The zero-order chi connectivity index (χ0) is 15.9. The van der Waals surface area contributed by atoms with E-state index in [9.17, 15) is 9.59 Å². The number of aryl methyl sites for hydroxylation is 2. The number of rotatable bonds is 2. The summed E-state index contributed by atoms with van der Waals surface area (Å²) in [4.78, 5) is 23.6. The van der Waals surface area contributed by atoms with Crippen molar-refractivity contribution in [1.82, 2.24) is 0 Å². The Morgan fingerprint density at radius 1 is 1.05 bits per heavy atom. The molecule has 0 bridgehead atoms. The van der Waals surface area contributed by atoms with Gasteiger partial charge < -0.3 is 9.47 Å². The fourth-order valence-electron chi connectivity index (χ4n) is 2.68. The van der Waals surface area contributed by atoms with Crippen LogP contribution in [-0.4, -0.2) is 11.9 Å². The Kier molecular flexibility index (Phi) is 3.45. The largest absolute Gasteiger partial charge is 0.426 e. The molecule has 4 nitrogen and oxygen atoms in total. The van der Waals surface area contributed by atoms with Crippen LogP contribution < -0.4 is 9.47 Å². The topological polar surface area (TPSA) is 52.6 Å². The van der Waals surface area contributed by atoms with E-state index in [2.05, 4.69) is 0 Å². The second-order valence-electron chi connectivity index (χ2n) is 5.53. The highest BCUT2D eigenvalue weighted by atomic mass is 16.5. The van der Waals surface area contributed by atoms with Crippen LogP contribution in [0.2, 0.25) is 0 Å². The van der Waals surface area contributed by atoms with E-state index < -0.39 is 11.9 Å². The van der Waals surface area contributed by atoms with Gasteiger partial charge in [-0.2, -0.15) is 0 Å². The van der Waals surface area contributed by atoms with Crippen molar-refractivity contribution >= 4 is 11.9 Å². The molecule has 0 amide bonds. The third-order valence-corrected chi connectivity index (χ3v) is 3.66. The lowest BCUT2D eigenvalue weighted by atomic mass is 9.91. The molecule has 2 aromatic rings. The molecule has 0 radical (unpaired) electrons.